The van der Waals surface area contributed by atoms with Crippen molar-refractivity contribution in [2.24, 2.45) is 0 Å². The Morgan fingerprint density at radius 3 is 3.05 bits per heavy atom. The molecular weight excluding hydrogens is 264 g/mol. The lowest BCUT2D eigenvalue weighted by molar-refractivity contribution is -0.385. The summed E-state index contributed by atoms with van der Waals surface area (Å²) in [5, 5.41) is 23.2. The number of hydrogen-bond donors (Lipinski definition) is 1. The van der Waals surface area contributed by atoms with Crippen molar-refractivity contribution in [2.45, 2.75) is 38.3 Å². The smallest absolute Gasteiger partial charge is 0.307 e. The Hall–Kier alpha value is -1.96. The van der Waals surface area contributed by atoms with Gasteiger partial charge in [-0.2, -0.15) is 5.10 Å². The Balaban J connectivity index is 1.94. The van der Waals surface area contributed by atoms with Gasteiger partial charge in [0.2, 0.25) is 5.91 Å². The van der Waals surface area contributed by atoms with Crippen molar-refractivity contribution in [2.75, 3.05) is 13.2 Å². The second-order valence-corrected chi connectivity index (χ2v) is 4.90. The molecule has 1 aromatic heterocycles. The summed E-state index contributed by atoms with van der Waals surface area (Å²) in [6.45, 7) is 0.853. The number of aliphatic hydroxyl groups excluding tert-OH is 1. The van der Waals surface area contributed by atoms with Gasteiger partial charge in [-0.15, -0.1) is 0 Å². The van der Waals surface area contributed by atoms with Crippen LogP contribution in [0.1, 0.15) is 25.7 Å². The van der Waals surface area contributed by atoms with E-state index in [4.69, 9.17) is 5.11 Å². The second kappa shape index (κ2) is 6.47. The lowest BCUT2D eigenvalue weighted by Gasteiger charge is -2.24. The summed E-state index contributed by atoms with van der Waals surface area (Å²) >= 11 is 0. The molecule has 1 unspecified atom stereocenters. The van der Waals surface area contributed by atoms with Crippen molar-refractivity contribution in [3.63, 3.8) is 0 Å². The molecule has 0 radical (unpaired) electrons. The zero-order valence-electron chi connectivity index (χ0n) is 11.1. The van der Waals surface area contributed by atoms with Gasteiger partial charge in [0.15, 0.2) is 0 Å². The maximum atomic E-state index is 12.2. The third kappa shape index (κ3) is 3.32. The average molecular weight is 282 g/mol. The maximum Gasteiger partial charge on any atom is 0.307 e. The number of aromatic nitrogens is 2. The molecule has 1 aromatic rings. The van der Waals surface area contributed by atoms with Crippen molar-refractivity contribution in [3.8, 4) is 0 Å². The van der Waals surface area contributed by atoms with Gasteiger partial charge in [-0.05, 0) is 25.7 Å². The van der Waals surface area contributed by atoms with Crippen molar-refractivity contribution in [1.29, 1.82) is 0 Å². The quantitative estimate of drug-likeness (QED) is 0.606. The van der Waals surface area contributed by atoms with E-state index in [2.05, 4.69) is 5.10 Å². The van der Waals surface area contributed by atoms with Gasteiger partial charge in [-0.3, -0.25) is 19.6 Å². The van der Waals surface area contributed by atoms with Crippen LogP contribution in [-0.4, -0.2) is 49.8 Å². The summed E-state index contributed by atoms with van der Waals surface area (Å²) < 4.78 is 1.29. The zero-order valence-corrected chi connectivity index (χ0v) is 11.1. The van der Waals surface area contributed by atoms with Gasteiger partial charge in [-0.25, -0.2) is 0 Å². The maximum absolute atomic E-state index is 12.2. The molecule has 0 spiro atoms. The summed E-state index contributed by atoms with van der Waals surface area (Å²) in [6.07, 6.45) is 5.78. The molecule has 1 N–H and O–H groups in total. The molecule has 1 amide bonds. The first-order valence-corrected chi connectivity index (χ1v) is 6.69. The minimum Gasteiger partial charge on any atom is -0.396 e. The Labute approximate surface area is 116 Å². The van der Waals surface area contributed by atoms with Crippen LogP contribution >= 0.6 is 0 Å². The molecule has 8 nitrogen and oxygen atoms in total. The molecular formula is C12H18N4O4. The van der Waals surface area contributed by atoms with Gasteiger partial charge in [0, 0.05) is 19.2 Å². The Kier molecular flexibility index (Phi) is 4.67. The number of likely N-dealkylation sites (tertiary alicyclic amines) is 1. The lowest BCUT2D eigenvalue weighted by Crippen LogP contribution is -2.37. The predicted molar refractivity (Wildman–Crippen MR) is 69.9 cm³/mol. The molecule has 0 aromatic carbocycles. The van der Waals surface area contributed by atoms with Gasteiger partial charge < -0.3 is 10.0 Å². The molecule has 1 aliphatic heterocycles. The zero-order chi connectivity index (χ0) is 14.5. The summed E-state index contributed by atoms with van der Waals surface area (Å²) in [4.78, 5) is 24.0. The van der Waals surface area contributed by atoms with E-state index in [1.54, 1.807) is 4.90 Å². The van der Waals surface area contributed by atoms with Gasteiger partial charge in [0.25, 0.3) is 0 Å². The first-order chi connectivity index (χ1) is 9.61. The van der Waals surface area contributed by atoms with Crippen molar-refractivity contribution in [1.82, 2.24) is 14.7 Å². The highest BCUT2D eigenvalue weighted by molar-refractivity contribution is 5.76. The molecule has 1 fully saturated rings. The number of aliphatic hydroxyl groups is 1. The third-order valence-corrected chi connectivity index (χ3v) is 3.52. The fourth-order valence-electron chi connectivity index (χ4n) is 2.55. The van der Waals surface area contributed by atoms with Gasteiger partial charge in [0.1, 0.15) is 18.9 Å². The third-order valence-electron chi connectivity index (χ3n) is 3.52. The van der Waals surface area contributed by atoms with Crippen molar-refractivity contribution >= 4 is 11.6 Å². The molecule has 2 rings (SSSR count). The lowest BCUT2D eigenvalue weighted by atomic mass is 10.1. The van der Waals surface area contributed by atoms with E-state index in [-0.39, 0.29) is 30.8 Å². The van der Waals surface area contributed by atoms with E-state index < -0.39 is 4.92 Å². The Morgan fingerprint density at radius 2 is 2.40 bits per heavy atom. The number of hydrogen-bond acceptors (Lipinski definition) is 5. The molecule has 20 heavy (non-hydrogen) atoms. The predicted octanol–water partition coefficient (Wildman–Crippen LogP) is 0.555. The summed E-state index contributed by atoms with van der Waals surface area (Å²) in [5.41, 5.74) is -0.115. The number of nitrogens with zero attached hydrogens (tertiary/aromatic N) is 4. The van der Waals surface area contributed by atoms with Gasteiger partial charge in [0.05, 0.1) is 4.92 Å². The normalized spacial score (nSPS) is 18.4. The van der Waals surface area contributed by atoms with Gasteiger partial charge >= 0.3 is 5.69 Å². The highest BCUT2D eigenvalue weighted by Crippen LogP contribution is 2.21. The number of nitro groups is 1. The first-order valence-electron chi connectivity index (χ1n) is 6.69. The van der Waals surface area contributed by atoms with E-state index in [9.17, 15) is 14.9 Å². The second-order valence-electron chi connectivity index (χ2n) is 4.90. The minimum absolute atomic E-state index is 0.0173. The van der Waals surface area contributed by atoms with Crippen LogP contribution in [-0.2, 0) is 11.3 Å². The molecule has 0 saturated carbocycles. The fourth-order valence-corrected chi connectivity index (χ4v) is 2.55. The minimum atomic E-state index is -0.534. The molecule has 0 bridgehead atoms. The van der Waals surface area contributed by atoms with E-state index in [0.717, 1.165) is 25.5 Å². The standard InChI is InChI=1S/C12H18N4O4/c17-6-2-4-10-3-1-5-15(10)12(18)9-14-8-11(7-13-14)16(19)20/h7-8,10,17H,1-6,9H2. The summed E-state index contributed by atoms with van der Waals surface area (Å²) in [7, 11) is 0. The van der Waals surface area contributed by atoms with E-state index in [1.807, 2.05) is 0 Å². The van der Waals surface area contributed by atoms with Crippen LogP contribution in [0.25, 0.3) is 0 Å². The molecule has 1 atom stereocenters. The number of rotatable bonds is 6. The Morgan fingerprint density at radius 1 is 1.60 bits per heavy atom. The largest absolute Gasteiger partial charge is 0.396 e. The molecule has 1 aliphatic rings. The number of carbonyl (C=O) groups is 1. The molecule has 110 valence electrons. The van der Waals surface area contributed by atoms with Crippen LogP contribution in [0.2, 0.25) is 0 Å². The molecule has 2 heterocycles. The summed E-state index contributed by atoms with van der Waals surface area (Å²) in [5.74, 6) is -0.0802. The molecule has 0 aliphatic carbocycles. The van der Waals surface area contributed by atoms with Crippen LogP contribution in [0.4, 0.5) is 5.69 Å². The van der Waals surface area contributed by atoms with Crippen LogP contribution in [0.3, 0.4) is 0 Å². The number of carbonyl (C=O) groups excluding carboxylic acids is 1. The molecule has 1 saturated heterocycles. The van der Waals surface area contributed by atoms with Crippen LogP contribution in [0.5, 0.6) is 0 Å². The van der Waals surface area contributed by atoms with Gasteiger partial charge in [-0.1, -0.05) is 0 Å². The monoisotopic (exact) mass is 282 g/mol. The van der Waals surface area contributed by atoms with E-state index in [1.165, 1.54) is 10.9 Å². The topological polar surface area (TPSA) is 102 Å². The van der Waals surface area contributed by atoms with E-state index in [0.29, 0.717) is 13.0 Å². The fraction of sp³-hybridized carbons (Fsp3) is 0.667. The highest BCUT2D eigenvalue weighted by Gasteiger charge is 2.28. The first kappa shape index (κ1) is 14.4. The van der Waals surface area contributed by atoms with Crippen LogP contribution in [0.15, 0.2) is 12.4 Å². The van der Waals surface area contributed by atoms with Crippen LogP contribution < -0.4 is 0 Å². The van der Waals surface area contributed by atoms with Crippen LogP contribution in [0, 0.1) is 10.1 Å². The van der Waals surface area contributed by atoms with Crippen molar-refractivity contribution < 1.29 is 14.8 Å². The average Bonchev–Trinajstić information content (AvgIpc) is 3.04. The molecule has 8 heteroatoms. The highest BCUT2D eigenvalue weighted by atomic mass is 16.6. The summed E-state index contributed by atoms with van der Waals surface area (Å²) in [6, 6.07) is 0.167. The SMILES string of the molecule is O=C(Cn1cc([N+](=O)[O-])cn1)N1CCCC1CCCO. The van der Waals surface area contributed by atoms with E-state index >= 15 is 0 Å². The number of amides is 1. The Bertz CT molecular complexity index is 488. The van der Waals surface area contributed by atoms with Crippen molar-refractivity contribution in [3.05, 3.63) is 22.5 Å².